The summed E-state index contributed by atoms with van der Waals surface area (Å²) in [5, 5.41) is 0. The molecule has 180 valence electrons. The molecule has 3 nitrogen and oxygen atoms in total. The van der Waals surface area contributed by atoms with Crippen LogP contribution in [0.3, 0.4) is 0 Å². The molecule has 0 aliphatic heterocycles. The number of unbranched alkanes of at least 4 members (excludes halogenated alkanes) is 6. The van der Waals surface area contributed by atoms with Gasteiger partial charge in [0, 0.05) is 6.42 Å². The summed E-state index contributed by atoms with van der Waals surface area (Å²) in [7, 11) is 0. The maximum atomic E-state index is 14.2. The second-order valence-electron chi connectivity index (χ2n) is 8.49. The third kappa shape index (κ3) is 10.8. The van der Waals surface area contributed by atoms with Crippen LogP contribution in [0.15, 0.2) is 6.07 Å². The first-order valence-corrected chi connectivity index (χ1v) is 11.4. The van der Waals surface area contributed by atoms with Crippen LogP contribution in [-0.2, 0) is 20.6 Å². The lowest BCUT2D eigenvalue weighted by Crippen LogP contribution is -2.33. The van der Waals surface area contributed by atoms with E-state index in [9.17, 15) is 17.6 Å². The van der Waals surface area contributed by atoms with Gasteiger partial charge >= 0.3 is 0 Å². The van der Waals surface area contributed by atoms with Crippen LogP contribution in [0, 0.1) is 23.3 Å². The van der Waals surface area contributed by atoms with Gasteiger partial charge in [-0.2, -0.15) is 0 Å². The van der Waals surface area contributed by atoms with Crippen LogP contribution in [0.5, 0.6) is 0 Å². The minimum Gasteiger partial charge on any atom is -0.327 e. The summed E-state index contributed by atoms with van der Waals surface area (Å²) in [4.78, 5) is 0. The Kier molecular flexibility index (Phi) is 13.3. The molecule has 0 aliphatic carbocycles. The van der Waals surface area contributed by atoms with Crippen molar-refractivity contribution in [1.29, 1.82) is 0 Å². The van der Waals surface area contributed by atoms with Crippen molar-refractivity contribution in [2.75, 3.05) is 0 Å². The van der Waals surface area contributed by atoms with Crippen LogP contribution < -0.4 is 0 Å². The lowest BCUT2D eigenvalue weighted by Gasteiger charge is -2.28. The highest BCUT2D eigenvalue weighted by atomic mass is 19.2. The molecule has 0 heterocycles. The Labute approximate surface area is 184 Å². The highest BCUT2D eigenvalue weighted by Crippen LogP contribution is 2.24. The Morgan fingerprint density at radius 3 is 1.81 bits per heavy atom. The van der Waals surface area contributed by atoms with E-state index in [0.29, 0.717) is 12.5 Å². The van der Waals surface area contributed by atoms with Crippen molar-refractivity contribution in [3.63, 3.8) is 0 Å². The van der Waals surface area contributed by atoms with Gasteiger partial charge in [0.15, 0.2) is 23.3 Å². The van der Waals surface area contributed by atoms with E-state index in [0.717, 1.165) is 25.7 Å². The normalized spacial score (nSPS) is 13.0. The molecule has 0 saturated heterocycles. The van der Waals surface area contributed by atoms with E-state index in [1.54, 1.807) is 0 Å². The maximum Gasteiger partial charge on any atom is 0.272 e. The first-order chi connectivity index (χ1) is 14.6. The molecular formula is C24H38F4O3. The van der Waals surface area contributed by atoms with Gasteiger partial charge in [-0.15, -0.1) is 0 Å². The van der Waals surface area contributed by atoms with Crippen LogP contribution in [-0.4, -0.2) is 24.8 Å². The zero-order valence-electron chi connectivity index (χ0n) is 19.5. The summed E-state index contributed by atoms with van der Waals surface area (Å²) in [6, 6.07) is 0.691. The van der Waals surface area contributed by atoms with Crippen LogP contribution in [0.25, 0.3) is 0 Å². The first-order valence-electron chi connectivity index (χ1n) is 11.4. The third-order valence-electron chi connectivity index (χ3n) is 4.83. The molecule has 0 bridgehead atoms. The van der Waals surface area contributed by atoms with Crippen molar-refractivity contribution in [3.05, 3.63) is 34.9 Å². The van der Waals surface area contributed by atoms with E-state index in [1.807, 2.05) is 27.7 Å². The van der Waals surface area contributed by atoms with Gasteiger partial charge in [-0.3, -0.25) is 0 Å². The van der Waals surface area contributed by atoms with Gasteiger partial charge in [0.1, 0.15) is 0 Å². The van der Waals surface area contributed by atoms with Crippen molar-refractivity contribution >= 4 is 0 Å². The molecule has 0 N–H and O–H groups in total. The quantitative estimate of drug-likeness (QED) is 0.0861. The molecular weight excluding hydrogens is 412 g/mol. The van der Waals surface area contributed by atoms with Gasteiger partial charge < -0.3 is 14.2 Å². The molecule has 1 unspecified atom stereocenters. The summed E-state index contributed by atoms with van der Waals surface area (Å²) < 4.78 is 72.1. The van der Waals surface area contributed by atoms with Gasteiger partial charge in [0.2, 0.25) is 0 Å². The number of hydrogen-bond acceptors (Lipinski definition) is 3. The van der Waals surface area contributed by atoms with E-state index in [-0.39, 0.29) is 24.2 Å². The van der Waals surface area contributed by atoms with E-state index >= 15 is 0 Å². The van der Waals surface area contributed by atoms with Crippen LogP contribution in [0.2, 0.25) is 0 Å². The van der Waals surface area contributed by atoms with Gasteiger partial charge in [-0.25, -0.2) is 17.6 Å². The van der Waals surface area contributed by atoms with Crippen molar-refractivity contribution in [3.8, 4) is 0 Å². The van der Waals surface area contributed by atoms with E-state index in [2.05, 4.69) is 6.92 Å². The van der Waals surface area contributed by atoms with Crippen molar-refractivity contribution < 1.29 is 31.8 Å². The second kappa shape index (κ2) is 14.8. The lowest BCUT2D eigenvalue weighted by atomic mass is 10.0. The SMILES string of the molecule is CCCCCCCCCC(Cc1cc(F)c(F)c(F)c1F)OC(OC(C)C)OC(C)C. The fourth-order valence-electron chi connectivity index (χ4n) is 3.26. The largest absolute Gasteiger partial charge is 0.327 e. The molecule has 0 aromatic heterocycles. The van der Waals surface area contributed by atoms with Crippen molar-refractivity contribution in [2.24, 2.45) is 0 Å². The fraction of sp³-hybridized carbons (Fsp3) is 0.750. The smallest absolute Gasteiger partial charge is 0.272 e. The Bertz CT molecular complexity index is 628. The molecule has 1 aromatic rings. The van der Waals surface area contributed by atoms with Gasteiger partial charge in [0.25, 0.3) is 6.48 Å². The number of benzene rings is 1. The number of rotatable bonds is 16. The monoisotopic (exact) mass is 450 g/mol. The Morgan fingerprint density at radius 2 is 1.26 bits per heavy atom. The predicted molar refractivity (Wildman–Crippen MR) is 114 cm³/mol. The average Bonchev–Trinajstić information content (AvgIpc) is 2.68. The fourth-order valence-corrected chi connectivity index (χ4v) is 3.26. The number of ether oxygens (including phenoxy) is 3. The van der Waals surface area contributed by atoms with Gasteiger partial charge in [0.05, 0.1) is 18.3 Å². The lowest BCUT2D eigenvalue weighted by molar-refractivity contribution is -0.326. The highest BCUT2D eigenvalue weighted by Gasteiger charge is 2.25. The molecule has 0 fully saturated rings. The molecule has 0 aliphatic rings. The van der Waals surface area contributed by atoms with Crippen molar-refractivity contribution in [2.45, 2.75) is 117 Å². The molecule has 0 saturated carbocycles. The molecule has 0 spiro atoms. The highest BCUT2D eigenvalue weighted by molar-refractivity contribution is 5.22. The summed E-state index contributed by atoms with van der Waals surface area (Å²) in [6.45, 7) is 8.49. The standard InChI is InChI=1S/C24H38F4O3/c1-6-7-8-9-10-11-12-13-19(31-24(29-16(2)3)30-17(4)5)14-18-15-20(25)22(27)23(28)21(18)26/h15-17,19,24H,6-14H2,1-5H3. The van der Waals surface area contributed by atoms with E-state index in [1.165, 1.54) is 19.3 Å². The Hall–Kier alpha value is -1.18. The predicted octanol–water partition coefficient (Wildman–Crippen LogP) is 7.45. The summed E-state index contributed by atoms with van der Waals surface area (Å²) in [5.41, 5.74) is -0.266. The Morgan fingerprint density at radius 1 is 0.710 bits per heavy atom. The molecule has 31 heavy (non-hydrogen) atoms. The molecule has 7 heteroatoms. The van der Waals surface area contributed by atoms with E-state index in [4.69, 9.17) is 14.2 Å². The van der Waals surface area contributed by atoms with Crippen LogP contribution in [0.4, 0.5) is 17.6 Å². The molecule has 1 aromatic carbocycles. The summed E-state index contributed by atoms with van der Waals surface area (Å²) in [6.07, 6.45) is 7.06. The maximum absolute atomic E-state index is 14.2. The zero-order chi connectivity index (χ0) is 23.4. The van der Waals surface area contributed by atoms with E-state index < -0.39 is 35.8 Å². The first kappa shape index (κ1) is 27.9. The van der Waals surface area contributed by atoms with Crippen molar-refractivity contribution in [1.82, 2.24) is 0 Å². The topological polar surface area (TPSA) is 27.7 Å². The number of hydrogen-bond donors (Lipinski definition) is 0. The molecule has 1 rings (SSSR count). The van der Waals surface area contributed by atoms with Gasteiger partial charge in [-0.1, -0.05) is 51.9 Å². The minimum absolute atomic E-state index is 0.116. The van der Waals surface area contributed by atoms with Crippen LogP contribution in [0.1, 0.15) is 91.5 Å². The molecule has 1 atom stereocenters. The average molecular weight is 451 g/mol. The molecule has 0 amide bonds. The van der Waals surface area contributed by atoms with Crippen LogP contribution >= 0.6 is 0 Å². The number of halogens is 4. The third-order valence-corrected chi connectivity index (χ3v) is 4.83. The zero-order valence-corrected chi connectivity index (χ0v) is 19.5. The summed E-state index contributed by atoms with van der Waals surface area (Å²) in [5.74, 6) is -6.43. The van der Waals surface area contributed by atoms with Gasteiger partial charge in [-0.05, 0) is 45.7 Å². The minimum atomic E-state index is -1.81. The second-order valence-corrected chi connectivity index (χ2v) is 8.49. The Balaban J connectivity index is 2.86. The molecule has 0 radical (unpaired) electrons. The summed E-state index contributed by atoms with van der Waals surface area (Å²) >= 11 is 0.